The molecule has 1 fully saturated rings. The van der Waals surface area contributed by atoms with E-state index in [-0.39, 0.29) is 11.7 Å². The molecule has 5 nitrogen and oxygen atoms in total. The van der Waals surface area contributed by atoms with Crippen LogP contribution in [0.2, 0.25) is 0 Å². The average Bonchev–Trinajstić information content (AvgIpc) is 2.63. The first-order valence-corrected chi connectivity index (χ1v) is 5.37. The molecule has 1 aliphatic heterocycles. The van der Waals surface area contributed by atoms with Crippen molar-refractivity contribution in [1.82, 2.24) is 14.9 Å². The number of aromatic nitrogens is 2. The van der Waals surface area contributed by atoms with Crippen molar-refractivity contribution in [3.05, 3.63) is 23.3 Å². The normalized spacial score (nSPS) is 21.2. The maximum absolute atomic E-state index is 10.9. The Kier molecular flexibility index (Phi) is 2.87. The standard InChI is InChI=1S/C11H15N3O2/c1-7-6-8(11(15)16)13-10(12-7)9-4-3-5-14(9)2/h6,9H,3-5H2,1-2H3,(H,15,16)/t9-/m0/s1. The summed E-state index contributed by atoms with van der Waals surface area (Å²) in [7, 11) is 2.02. The van der Waals surface area contributed by atoms with Gasteiger partial charge >= 0.3 is 5.97 Å². The quantitative estimate of drug-likeness (QED) is 0.814. The molecule has 0 amide bonds. The van der Waals surface area contributed by atoms with E-state index in [0.29, 0.717) is 11.5 Å². The van der Waals surface area contributed by atoms with Gasteiger partial charge in [0.05, 0.1) is 6.04 Å². The fraction of sp³-hybridized carbons (Fsp3) is 0.545. The molecule has 86 valence electrons. The number of carboxylic acid groups (broad SMARTS) is 1. The van der Waals surface area contributed by atoms with Crippen LogP contribution in [-0.2, 0) is 0 Å². The Labute approximate surface area is 94.1 Å². The Bertz CT molecular complexity index is 420. The summed E-state index contributed by atoms with van der Waals surface area (Å²) in [6.45, 7) is 2.82. The zero-order valence-corrected chi connectivity index (χ0v) is 9.47. The van der Waals surface area contributed by atoms with Gasteiger partial charge in [-0.05, 0) is 39.4 Å². The molecule has 2 rings (SSSR count). The predicted octanol–water partition coefficient (Wildman–Crippen LogP) is 1.25. The second-order valence-electron chi connectivity index (χ2n) is 4.20. The van der Waals surface area contributed by atoms with Gasteiger partial charge in [0.25, 0.3) is 0 Å². The molecule has 0 radical (unpaired) electrons. The summed E-state index contributed by atoms with van der Waals surface area (Å²) < 4.78 is 0. The number of likely N-dealkylation sites (tertiary alicyclic amines) is 1. The smallest absolute Gasteiger partial charge is 0.354 e. The van der Waals surface area contributed by atoms with E-state index in [2.05, 4.69) is 14.9 Å². The zero-order valence-electron chi connectivity index (χ0n) is 9.47. The van der Waals surface area contributed by atoms with Crippen LogP contribution in [0.5, 0.6) is 0 Å². The molecule has 1 atom stereocenters. The SMILES string of the molecule is Cc1cc(C(=O)O)nc([C@@H]2CCCN2C)n1. The predicted molar refractivity (Wildman–Crippen MR) is 58.3 cm³/mol. The lowest BCUT2D eigenvalue weighted by atomic mass is 10.2. The van der Waals surface area contributed by atoms with Gasteiger partial charge in [-0.3, -0.25) is 4.90 Å². The lowest BCUT2D eigenvalue weighted by Crippen LogP contribution is -2.21. The topological polar surface area (TPSA) is 66.3 Å². The van der Waals surface area contributed by atoms with E-state index in [4.69, 9.17) is 5.11 Å². The van der Waals surface area contributed by atoms with Crippen LogP contribution in [0.1, 0.15) is 40.9 Å². The summed E-state index contributed by atoms with van der Waals surface area (Å²) in [5.74, 6) is -0.357. The summed E-state index contributed by atoms with van der Waals surface area (Å²) in [5, 5.41) is 8.94. The molecule has 0 aliphatic carbocycles. The van der Waals surface area contributed by atoms with Crippen LogP contribution in [0.25, 0.3) is 0 Å². The molecule has 5 heteroatoms. The van der Waals surface area contributed by atoms with Gasteiger partial charge in [-0.1, -0.05) is 0 Å². The first-order chi connectivity index (χ1) is 7.58. The highest BCUT2D eigenvalue weighted by molar-refractivity contribution is 5.85. The van der Waals surface area contributed by atoms with Crippen LogP contribution in [0, 0.1) is 6.92 Å². The molecule has 16 heavy (non-hydrogen) atoms. The first kappa shape index (κ1) is 11.0. The van der Waals surface area contributed by atoms with Gasteiger partial charge in [0.1, 0.15) is 5.82 Å². The number of rotatable bonds is 2. The fourth-order valence-electron chi connectivity index (χ4n) is 2.09. The van der Waals surface area contributed by atoms with E-state index >= 15 is 0 Å². The Hall–Kier alpha value is -1.49. The minimum absolute atomic E-state index is 0.0859. The van der Waals surface area contributed by atoms with Gasteiger partial charge in [0.15, 0.2) is 5.69 Å². The van der Waals surface area contributed by atoms with Crippen LogP contribution >= 0.6 is 0 Å². The summed E-state index contributed by atoms with van der Waals surface area (Å²) >= 11 is 0. The van der Waals surface area contributed by atoms with E-state index in [9.17, 15) is 4.79 Å². The van der Waals surface area contributed by atoms with Crippen LogP contribution < -0.4 is 0 Å². The maximum atomic E-state index is 10.9. The molecule has 0 unspecified atom stereocenters. The maximum Gasteiger partial charge on any atom is 0.354 e. The third-order valence-electron chi connectivity index (χ3n) is 2.91. The molecule has 1 aliphatic rings. The summed E-state index contributed by atoms with van der Waals surface area (Å²) in [6, 6.07) is 1.67. The molecule has 1 aromatic rings. The Morgan fingerprint density at radius 3 is 2.88 bits per heavy atom. The van der Waals surface area contributed by atoms with Crippen LogP contribution in [0.15, 0.2) is 6.07 Å². The monoisotopic (exact) mass is 221 g/mol. The van der Waals surface area contributed by atoms with E-state index in [0.717, 1.165) is 19.4 Å². The zero-order chi connectivity index (χ0) is 11.7. The average molecular weight is 221 g/mol. The molecule has 1 N–H and O–H groups in total. The third kappa shape index (κ3) is 2.04. The van der Waals surface area contributed by atoms with Gasteiger partial charge < -0.3 is 5.11 Å². The van der Waals surface area contributed by atoms with Crippen molar-refractivity contribution in [2.24, 2.45) is 0 Å². The van der Waals surface area contributed by atoms with Crippen LogP contribution in [0.4, 0.5) is 0 Å². The van der Waals surface area contributed by atoms with Crippen molar-refractivity contribution in [3.8, 4) is 0 Å². The molecule has 1 aromatic heterocycles. The second kappa shape index (κ2) is 4.17. The molecule has 1 saturated heterocycles. The lowest BCUT2D eigenvalue weighted by Gasteiger charge is -2.18. The summed E-state index contributed by atoms with van der Waals surface area (Å²) in [6.07, 6.45) is 2.11. The molecule has 0 aromatic carbocycles. The lowest BCUT2D eigenvalue weighted by molar-refractivity contribution is 0.0689. The number of hydrogen-bond donors (Lipinski definition) is 1. The highest BCUT2D eigenvalue weighted by Crippen LogP contribution is 2.28. The Morgan fingerprint density at radius 2 is 2.31 bits per heavy atom. The van der Waals surface area contributed by atoms with Crippen molar-refractivity contribution >= 4 is 5.97 Å². The fourth-order valence-corrected chi connectivity index (χ4v) is 2.09. The minimum atomic E-state index is -0.993. The van der Waals surface area contributed by atoms with Crippen molar-refractivity contribution in [2.75, 3.05) is 13.6 Å². The number of aromatic carboxylic acids is 1. The molecular formula is C11H15N3O2. The first-order valence-electron chi connectivity index (χ1n) is 5.37. The number of carbonyl (C=O) groups is 1. The summed E-state index contributed by atoms with van der Waals surface area (Å²) in [4.78, 5) is 21.5. The Balaban J connectivity index is 2.37. The largest absolute Gasteiger partial charge is 0.477 e. The van der Waals surface area contributed by atoms with E-state index in [1.807, 2.05) is 7.05 Å². The molecule has 0 bridgehead atoms. The van der Waals surface area contributed by atoms with Gasteiger partial charge in [-0.15, -0.1) is 0 Å². The van der Waals surface area contributed by atoms with Crippen molar-refractivity contribution < 1.29 is 9.90 Å². The number of nitrogens with zero attached hydrogens (tertiary/aromatic N) is 3. The van der Waals surface area contributed by atoms with Gasteiger partial charge in [-0.25, -0.2) is 14.8 Å². The van der Waals surface area contributed by atoms with E-state index in [1.165, 1.54) is 6.07 Å². The Morgan fingerprint density at radius 1 is 1.56 bits per heavy atom. The van der Waals surface area contributed by atoms with Crippen molar-refractivity contribution in [1.29, 1.82) is 0 Å². The molecular weight excluding hydrogens is 206 g/mol. The van der Waals surface area contributed by atoms with Crippen LogP contribution in [0.3, 0.4) is 0 Å². The minimum Gasteiger partial charge on any atom is -0.477 e. The number of aryl methyl sites for hydroxylation is 1. The van der Waals surface area contributed by atoms with Gasteiger partial charge in [0, 0.05) is 5.69 Å². The van der Waals surface area contributed by atoms with Crippen LogP contribution in [-0.4, -0.2) is 39.5 Å². The van der Waals surface area contributed by atoms with Crippen molar-refractivity contribution in [2.45, 2.75) is 25.8 Å². The molecule has 2 heterocycles. The van der Waals surface area contributed by atoms with Gasteiger partial charge in [0.2, 0.25) is 0 Å². The second-order valence-corrected chi connectivity index (χ2v) is 4.20. The molecule has 0 saturated carbocycles. The molecule has 0 spiro atoms. The third-order valence-corrected chi connectivity index (χ3v) is 2.91. The van der Waals surface area contributed by atoms with Crippen molar-refractivity contribution in [3.63, 3.8) is 0 Å². The van der Waals surface area contributed by atoms with Gasteiger partial charge in [-0.2, -0.15) is 0 Å². The highest BCUT2D eigenvalue weighted by Gasteiger charge is 2.26. The number of hydrogen-bond acceptors (Lipinski definition) is 4. The van der Waals surface area contributed by atoms with E-state index < -0.39 is 5.97 Å². The highest BCUT2D eigenvalue weighted by atomic mass is 16.4. The van der Waals surface area contributed by atoms with E-state index in [1.54, 1.807) is 6.92 Å². The summed E-state index contributed by atoms with van der Waals surface area (Å²) in [5.41, 5.74) is 0.797. The number of carboxylic acids is 1.